The number of carboxylic acid groups (broad SMARTS) is 1. The smallest absolute Gasteiger partial charge is 0.339 e. The van der Waals surface area contributed by atoms with Gasteiger partial charge in [0.15, 0.2) is 5.82 Å². The molecule has 0 aliphatic heterocycles. The molecule has 0 saturated heterocycles. The van der Waals surface area contributed by atoms with Crippen molar-refractivity contribution in [3.8, 4) is 5.69 Å². The van der Waals surface area contributed by atoms with E-state index in [0.29, 0.717) is 11.5 Å². The zero-order chi connectivity index (χ0) is 19.6. The van der Waals surface area contributed by atoms with Crippen molar-refractivity contribution in [1.82, 2.24) is 19.7 Å². The summed E-state index contributed by atoms with van der Waals surface area (Å²) in [4.78, 5) is 19.9. The van der Waals surface area contributed by atoms with Gasteiger partial charge in [-0.2, -0.15) is 5.10 Å². The van der Waals surface area contributed by atoms with E-state index in [1.54, 1.807) is 6.08 Å². The minimum absolute atomic E-state index is 0.00412. The molecule has 0 amide bonds. The van der Waals surface area contributed by atoms with Gasteiger partial charge in [0, 0.05) is 17.5 Å². The number of nitrogens with zero attached hydrogens (tertiary/aromatic N) is 4. The molecule has 1 aromatic carbocycles. The molecule has 0 radical (unpaired) electrons. The fourth-order valence-corrected chi connectivity index (χ4v) is 2.97. The summed E-state index contributed by atoms with van der Waals surface area (Å²) in [5.74, 6) is -0.532. The Hall–Kier alpha value is -3.28. The molecule has 0 fully saturated rings. The molecule has 3 aromatic rings. The van der Waals surface area contributed by atoms with Crippen molar-refractivity contribution in [2.75, 3.05) is 0 Å². The maximum atomic E-state index is 11.3. The molecule has 2 heterocycles. The van der Waals surface area contributed by atoms with Crippen LogP contribution in [0.25, 0.3) is 17.8 Å². The molecular formula is C21H22N4O2. The Bertz CT molecular complexity index is 1000. The van der Waals surface area contributed by atoms with Crippen LogP contribution in [0.5, 0.6) is 0 Å². The quantitative estimate of drug-likeness (QED) is 0.733. The summed E-state index contributed by atoms with van der Waals surface area (Å²) in [5.41, 5.74) is 4.59. The lowest BCUT2D eigenvalue weighted by molar-refractivity contribution is 0.0694. The van der Waals surface area contributed by atoms with Crippen LogP contribution >= 0.6 is 0 Å². The highest BCUT2D eigenvalue weighted by atomic mass is 16.4. The Labute approximate surface area is 158 Å². The average Bonchev–Trinajstić information content (AvgIpc) is 2.94. The third kappa shape index (κ3) is 3.79. The van der Waals surface area contributed by atoms with Crippen LogP contribution in [0.2, 0.25) is 0 Å². The van der Waals surface area contributed by atoms with Gasteiger partial charge < -0.3 is 5.11 Å². The Morgan fingerprint density at radius 1 is 1.15 bits per heavy atom. The predicted molar refractivity (Wildman–Crippen MR) is 105 cm³/mol. The Kier molecular flexibility index (Phi) is 5.16. The van der Waals surface area contributed by atoms with Gasteiger partial charge in [0.1, 0.15) is 0 Å². The summed E-state index contributed by atoms with van der Waals surface area (Å²) in [7, 11) is 0. The number of rotatable bonds is 5. The van der Waals surface area contributed by atoms with E-state index in [-0.39, 0.29) is 11.5 Å². The van der Waals surface area contributed by atoms with Crippen LogP contribution < -0.4 is 0 Å². The lowest BCUT2D eigenvalue weighted by Gasteiger charge is -2.08. The Morgan fingerprint density at radius 2 is 1.85 bits per heavy atom. The van der Waals surface area contributed by atoms with E-state index in [1.165, 1.54) is 6.20 Å². The fourth-order valence-electron chi connectivity index (χ4n) is 2.97. The van der Waals surface area contributed by atoms with E-state index in [4.69, 9.17) is 0 Å². The van der Waals surface area contributed by atoms with Crippen molar-refractivity contribution in [3.05, 3.63) is 70.6 Å². The molecular weight excluding hydrogens is 340 g/mol. The second kappa shape index (κ2) is 7.53. The maximum Gasteiger partial charge on any atom is 0.339 e. The van der Waals surface area contributed by atoms with Crippen molar-refractivity contribution in [1.29, 1.82) is 0 Å². The molecule has 0 bridgehead atoms. The van der Waals surface area contributed by atoms with Crippen LogP contribution in [-0.4, -0.2) is 30.8 Å². The van der Waals surface area contributed by atoms with Gasteiger partial charge in [-0.05, 0) is 44.1 Å². The normalized spacial score (nSPS) is 11.4. The summed E-state index contributed by atoms with van der Waals surface area (Å²) in [6, 6.07) is 9.95. The Morgan fingerprint density at radius 3 is 2.48 bits per heavy atom. The van der Waals surface area contributed by atoms with Gasteiger partial charge in [0.2, 0.25) is 0 Å². The molecule has 0 atom stereocenters. The van der Waals surface area contributed by atoms with Gasteiger partial charge in [-0.1, -0.05) is 32.0 Å². The number of aromatic carboxylic acids is 1. The van der Waals surface area contributed by atoms with Crippen LogP contribution in [0.1, 0.15) is 58.6 Å². The highest BCUT2D eigenvalue weighted by Gasteiger charge is 2.16. The first-order valence-corrected chi connectivity index (χ1v) is 8.78. The molecule has 138 valence electrons. The van der Waals surface area contributed by atoms with Crippen LogP contribution in [-0.2, 0) is 0 Å². The Balaban J connectivity index is 1.96. The van der Waals surface area contributed by atoms with E-state index in [1.807, 2.05) is 68.8 Å². The fraction of sp³-hybridized carbons (Fsp3) is 0.238. The largest absolute Gasteiger partial charge is 0.478 e. The lowest BCUT2D eigenvalue weighted by atomic mass is 10.1. The summed E-state index contributed by atoms with van der Waals surface area (Å²) in [6.07, 6.45) is 5.10. The first-order chi connectivity index (χ1) is 12.9. The predicted octanol–water partition coefficient (Wildman–Crippen LogP) is 4.27. The molecule has 2 aromatic heterocycles. The number of carboxylic acids is 1. The van der Waals surface area contributed by atoms with Gasteiger partial charge in [0.25, 0.3) is 0 Å². The molecule has 3 rings (SSSR count). The van der Waals surface area contributed by atoms with Crippen molar-refractivity contribution in [2.24, 2.45) is 0 Å². The average molecular weight is 362 g/mol. The van der Waals surface area contributed by atoms with Gasteiger partial charge in [-0.25, -0.2) is 19.4 Å². The molecule has 1 N–H and O–H groups in total. The summed E-state index contributed by atoms with van der Waals surface area (Å²) < 4.78 is 1.91. The second-order valence-electron chi connectivity index (χ2n) is 6.65. The lowest BCUT2D eigenvalue weighted by Crippen LogP contribution is -2.08. The number of benzene rings is 1. The van der Waals surface area contributed by atoms with Gasteiger partial charge in [0.05, 0.1) is 22.6 Å². The van der Waals surface area contributed by atoms with Crippen LogP contribution in [0.4, 0.5) is 0 Å². The zero-order valence-electron chi connectivity index (χ0n) is 15.8. The third-order valence-corrected chi connectivity index (χ3v) is 4.36. The topological polar surface area (TPSA) is 80.9 Å². The second-order valence-corrected chi connectivity index (χ2v) is 6.65. The number of hydrogen-bond donors (Lipinski definition) is 1. The number of hydrogen-bond acceptors (Lipinski definition) is 4. The molecule has 6 heteroatoms. The van der Waals surface area contributed by atoms with Crippen molar-refractivity contribution in [2.45, 2.75) is 33.6 Å². The zero-order valence-corrected chi connectivity index (χ0v) is 15.8. The highest BCUT2D eigenvalue weighted by Crippen LogP contribution is 2.21. The van der Waals surface area contributed by atoms with E-state index in [2.05, 4.69) is 15.1 Å². The van der Waals surface area contributed by atoms with Gasteiger partial charge in [-0.3, -0.25) is 0 Å². The van der Waals surface area contributed by atoms with E-state index in [9.17, 15) is 9.90 Å². The van der Waals surface area contributed by atoms with Crippen molar-refractivity contribution >= 4 is 18.1 Å². The first kappa shape index (κ1) is 18.5. The molecule has 0 aliphatic carbocycles. The number of para-hydroxylation sites is 1. The number of aryl methyl sites for hydroxylation is 1. The first-order valence-electron chi connectivity index (χ1n) is 8.78. The van der Waals surface area contributed by atoms with Crippen LogP contribution in [0, 0.1) is 13.8 Å². The summed E-state index contributed by atoms with van der Waals surface area (Å²) in [6.45, 7) is 7.81. The van der Waals surface area contributed by atoms with Gasteiger partial charge >= 0.3 is 5.97 Å². The van der Waals surface area contributed by atoms with Crippen molar-refractivity contribution in [3.63, 3.8) is 0 Å². The summed E-state index contributed by atoms with van der Waals surface area (Å²) >= 11 is 0. The van der Waals surface area contributed by atoms with E-state index < -0.39 is 5.97 Å². The maximum absolute atomic E-state index is 11.3. The summed E-state index contributed by atoms with van der Waals surface area (Å²) in [5, 5.41) is 13.9. The molecule has 0 unspecified atom stereocenters. The minimum Gasteiger partial charge on any atom is -0.478 e. The monoisotopic (exact) mass is 362 g/mol. The standard InChI is InChI=1S/C21H22N4O2/c1-13(2)20-18(21(26)27)12-22-19(23-20)11-10-17-14(3)24-25(15(17)4)16-8-6-5-7-9-16/h5-13H,1-4H3,(H,26,27)/b11-10+. The van der Waals surface area contributed by atoms with E-state index in [0.717, 1.165) is 22.6 Å². The van der Waals surface area contributed by atoms with E-state index >= 15 is 0 Å². The highest BCUT2D eigenvalue weighted by molar-refractivity contribution is 5.88. The molecule has 0 saturated carbocycles. The molecule has 0 aliphatic rings. The minimum atomic E-state index is -1.01. The molecule has 0 spiro atoms. The molecule has 27 heavy (non-hydrogen) atoms. The van der Waals surface area contributed by atoms with Crippen LogP contribution in [0.3, 0.4) is 0 Å². The molecule has 6 nitrogen and oxygen atoms in total. The van der Waals surface area contributed by atoms with Crippen molar-refractivity contribution < 1.29 is 9.90 Å². The van der Waals surface area contributed by atoms with Crippen LogP contribution in [0.15, 0.2) is 36.5 Å². The third-order valence-electron chi connectivity index (χ3n) is 4.36. The number of carbonyl (C=O) groups is 1. The van der Waals surface area contributed by atoms with Gasteiger partial charge in [-0.15, -0.1) is 0 Å². The SMILES string of the molecule is Cc1nn(-c2ccccc2)c(C)c1/C=C/c1ncc(C(=O)O)c(C(C)C)n1. The number of aromatic nitrogens is 4.